The second-order valence-electron chi connectivity index (χ2n) is 6.65. The van der Waals surface area contributed by atoms with Crippen molar-refractivity contribution < 1.29 is 0 Å². The van der Waals surface area contributed by atoms with Gasteiger partial charge in [0.15, 0.2) is 0 Å². The molecule has 0 radical (unpaired) electrons. The lowest BCUT2D eigenvalue weighted by atomic mass is 9.94. The van der Waals surface area contributed by atoms with Crippen molar-refractivity contribution in [1.29, 1.82) is 0 Å². The van der Waals surface area contributed by atoms with Gasteiger partial charge in [0, 0.05) is 44.6 Å². The number of hydrogen-bond donors (Lipinski definition) is 0. The molecule has 0 unspecified atom stereocenters. The van der Waals surface area contributed by atoms with Crippen LogP contribution in [0.5, 0.6) is 0 Å². The molecule has 0 aromatic carbocycles. The number of hydrogen-bond acceptors (Lipinski definition) is 5. The standard InChI is InChI=1S/C19H22N6/c1-24-14-22-11-19(24)18-10-21-9-17(23-18)16-5-3-7-25(13-16)12-15-4-2-6-20-8-15/h2,4,6,8-11,14,16H,3,5,7,12-13H2,1H3/t16-/m1/s1. The molecule has 0 aliphatic carbocycles. The first-order chi connectivity index (χ1) is 12.3. The molecule has 128 valence electrons. The Bertz CT molecular complexity index is 829. The van der Waals surface area contributed by atoms with E-state index in [0.29, 0.717) is 5.92 Å². The molecule has 3 aromatic rings. The van der Waals surface area contributed by atoms with Crippen LogP contribution in [0.1, 0.15) is 30.0 Å². The first-order valence-electron chi connectivity index (χ1n) is 8.69. The van der Waals surface area contributed by atoms with Crippen LogP contribution in [0.3, 0.4) is 0 Å². The van der Waals surface area contributed by atoms with Crippen LogP contribution < -0.4 is 0 Å². The van der Waals surface area contributed by atoms with E-state index in [9.17, 15) is 0 Å². The highest BCUT2D eigenvalue weighted by atomic mass is 15.1. The van der Waals surface area contributed by atoms with E-state index >= 15 is 0 Å². The fourth-order valence-corrected chi connectivity index (χ4v) is 3.50. The summed E-state index contributed by atoms with van der Waals surface area (Å²) in [7, 11) is 1.98. The Balaban J connectivity index is 1.51. The van der Waals surface area contributed by atoms with Crippen LogP contribution in [-0.4, -0.2) is 42.5 Å². The Kier molecular flexibility index (Phi) is 4.52. The summed E-state index contributed by atoms with van der Waals surface area (Å²) in [6.45, 7) is 3.08. The van der Waals surface area contributed by atoms with Crippen LogP contribution in [0.25, 0.3) is 11.4 Å². The molecule has 0 bridgehead atoms. The number of rotatable bonds is 4. The van der Waals surface area contributed by atoms with Gasteiger partial charge in [-0.2, -0.15) is 0 Å². The molecule has 4 heterocycles. The number of pyridine rings is 1. The van der Waals surface area contributed by atoms with Crippen LogP contribution in [0.4, 0.5) is 0 Å². The number of piperidine rings is 1. The van der Waals surface area contributed by atoms with Crippen molar-refractivity contribution in [3.63, 3.8) is 0 Å². The van der Waals surface area contributed by atoms with Crippen molar-refractivity contribution in [2.45, 2.75) is 25.3 Å². The lowest BCUT2D eigenvalue weighted by Gasteiger charge is -2.32. The molecule has 1 fully saturated rings. The topological polar surface area (TPSA) is 59.7 Å². The molecule has 1 saturated heterocycles. The first kappa shape index (κ1) is 15.9. The number of likely N-dealkylation sites (tertiary alicyclic amines) is 1. The molecule has 1 aliphatic heterocycles. The molecule has 1 atom stereocenters. The van der Waals surface area contributed by atoms with Crippen LogP contribution >= 0.6 is 0 Å². The van der Waals surface area contributed by atoms with Gasteiger partial charge < -0.3 is 4.57 Å². The Morgan fingerprint density at radius 2 is 2.08 bits per heavy atom. The van der Waals surface area contributed by atoms with Gasteiger partial charge in [-0.15, -0.1) is 0 Å². The smallest absolute Gasteiger partial charge is 0.107 e. The Morgan fingerprint density at radius 3 is 2.88 bits per heavy atom. The van der Waals surface area contributed by atoms with Gasteiger partial charge >= 0.3 is 0 Å². The maximum absolute atomic E-state index is 4.88. The minimum atomic E-state index is 0.422. The molecule has 3 aromatic heterocycles. The zero-order chi connectivity index (χ0) is 17.1. The largest absolute Gasteiger partial charge is 0.332 e. The lowest BCUT2D eigenvalue weighted by molar-refractivity contribution is 0.198. The van der Waals surface area contributed by atoms with Crippen LogP contribution in [0, 0.1) is 0 Å². The highest BCUT2D eigenvalue weighted by molar-refractivity contribution is 5.52. The third-order valence-electron chi connectivity index (χ3n) is 4.79. The van der Waals surface area contributed by atoms with Crippen molar-refractivity contribution in [1.82, 2.24) is 29.4 Å². The van der Waals surface area contributed by atoms with E-state index in [-0.39, 0.29) is 0 Å². The third-order valence-corrected chi connectivity index (χ3v) is 4.79. The van der Waals surface area contributed by atoms with E-state index in [2.05, 4.69) is 25.9 Å². The van der Waals surface area contributed by atoms with E-state index < -0.39 is 0 Å². The second kappa shape index (κ2) is 7.11. The average molecular weight is 334 g/mol. The summed E-state index contributed by atoms with van der Waals surface area (Å²) >= 11 is 0. The molecule has 6 nitrogen and oxygen atoms in total. The van der Waals surface area contributed by atoms with Crippen molar-refractivity contribution in [3.05, 3.63) is 60.7 Å². The zero-order valence-electron chi connectivity index (χ0n) is 14.4. The van der Waals surface area contributed by atoms with Gasteiger partial charge in [-0.1, -0.05) is 6.07 Å². The zero-order valence-corrected chi connectivity index (χ0v) is 14.4. The van der Waals surface area contributed by atoms with Gasteiger partial charge in [0.2, 0.25) is 0 Å². The predicted octanol–water partition coefficient (Wildman–Crippen LogP) is 2.65. The summed E-state index contributed by atoms with van der Waals surface area (Å²) in [5.41, 5.74) is 4.23. The third kappa shape index (κ3) is 3.58. The summed E-state index contributed by atoms with van der Waals surface area (Å²) in [5.74, 6) is 0.422. The van der Waals surface area contributed by atoms with Gasteiger partial charge in [-0.05, 0) is 31.0 Å². The molecule has 25 heavy (non-hydrogen) atoms. The van der Waals surface area contributed by atoms with E-state index in [1.807, 2.05) is 48.7 Å². The molecular weight excluding hydrogens is 312 g/mol. The number of nitrogens with zero attached hydrogens (tertiary/aromatic N) is 6. The number of aryl methyl sites for hydroxylation is 1. The summed E-state index contributed by atoms with van der Waals surface area (Å²) in [5, 5.41) is 0. The maximum Gasteiger partial charge on any atom is 0.107 e. The van der Waals surface area contributed by atoms with Crippen LogP contribution in [0.2, 0.25) is 0 Å². The van der Waals surface area contributed by atoms with Gasteiger partial charge in [-0.25, -0.2) is 9.97 Å². The second-order valence-corrected chi connectivity index (χ2v) is 6.65. The van der Waals surface area contributed by atoms with Crippen molar-refractivity contribution in [2.24, 2.45) is 7.05 Å². The normalized spacial score (nSPS) is 18.4. The summed E-state index contributed by atoms with van der Waals surface area (Å²) in [4.78, 5) is 20.2. The Labute approximate surface area is 147 Å². The van der Waals surface area contributed by atoms with Crippen molar-refractivity contribution >= 4 is 0 Å². The SMILES string of the molecule is Cn1cncc1-c1cncc([C@@H]2CCCN(Cc3cccnc3)C2)n1. The van der Waals surface area contributed by atoms with Crippen molar-refractivity contribution in [2.75, 3.05) is 13.1 Å². The minimum absolute atomic E-state index is 0.422. The predicted molar refractivity (Wildman–Crippen MR) is 95.7 cm³/mol. The highest BCUT2D eigenvalue weighted by Gasteiger charge is 2.23. The lowest BCUT2D eigenvalue weighted by Crippen LogP contribution is -2.34. The summed E-state index contributed by atoms with van der Waals surface area (Å²) in [6, 6.07) is 4.14. The monoisotopic (exact) mass is 334 g/mol. The van der Waals surface area contributed by atoms with Crippen LogP contribution in [-0.2, 0) is 13.6 Å². The van der Waals surface area contributed by atoms with E-state index in [1.54, 1.807) is 6.33 Å². The molecule has 0 saturated carbocycles. The molecule has 6 heteroatoms. The fraction of sp³-hybridized carbons (Fsp3) is 0.368. The van der Waals surface area contributed by atoms with Crippen molar-refractivity contribution in [3.8, 4) is 11.4 Å². The fourth-order valence-electron chi connectivity index (χ4n) is 3.50. The van der Waals surface area contributed by atoms with E-state index in [0.717, 1.165) is 43.1 Å². The number of imidazole rings is 1. The molecule has 0 N–H and O–H groups in total. The van der Waals surface area contributed by atoms with Gasteiger partial charge in [0.1, 0.15) is 5.69 Å². The number of aromatic nitrogens is 5. The van der Waals surface area contributed by atoms with E-state index in [4.69, 9.17) is 4.98 Å². The average Bonchev–Trinajstić information content (AvgIpc) is 3.09. The molecule has 4 rings (SSSR count). The molecular formula is C19H22N6. The molecule has 0 amide bonds. The Hall–Kier alpha value is -2.60. The Morgan fingerprint density at radius 1 is 1.12 bits per heavy atom. The van der Waals surface area contributed by atoms with Gasteiger partial charge in [0.05, 0.1) is 30.1 Å². The van der Waals surface area contributed by atoms with E-state index in [1.165, 1.54) is 12.0 Å². The quantitative estimate of drug-likeness (QED) is 0.734. The summed E-state index contributed by atoms with van der Waals surface area (Å²) in [6.07, 6.45) is 13.5. The minimum Gasteiger partial charge on any atom is -0.332 e. The van der Waals surface area contributed by atoms with Crippen LogP contribution in [0.15, 0.2) is 49.4 Å². The first-order valence-corrected chi connectivity index (χ1v) is 8.69. The molecule has 1 aliphatic rings. The maximum atomic E-state index is 4.88. The highest BCUT2D eigenvalue weighted by Crippen LogP contribution is 2.27. The summed E-state index contributed by atoms with van der Waals surface area (Å²) < 4.78 is 1.98. The molecule has 0 spiro atoms. The van der Waals surface area contributed by atoms with Gasteiger partial charge in [-0.3, -0.25) is 14.9 Å². The van der Waals surface area contributed by atoms with Gasteiger partial charge in [0.25, 0.3) is 0 Å².